The van der Waals surface area contributed by atoms with Gasteiger partial charge in [0, 0.05) is 18.4 Å². The Morgan fingerprint density at radius 1 is 1.20 bits per heavy atom. The number of amides is 1. The summed E-state index contributed by atoms with van der Waals surface area (Å²) in [4.78, 5) is 11.9. The molecule has 0 aliphatic carbocycles. The van der Waals surface area contributed by atoms with E-state index in [1.54, 1.807) is 30.3 Å². The lowest BCUT2D eigenvalue weighted by Gasteiger charge is -2.11. The lowest BCUT2D eigenvalue weighted by atomic mass is 10.2. The van der Waals surface area contributed by atoms with Crippen LogP contribution < -0.4 is 10.1 Å². The molecule has 0 saturated carbocycles. The maximum absolute atomic E-state index is 12.8. The van der Waals surface area contributed by atoms with Crippen LogP contribution in [0, 0.1) is 5.82 Å². The highest BCUT2D eigenvalue weighted by Gasteiger charge is 2.15. The summed E-state index contributed by atoms with van der Waals surface area (Å²) >= 11 is 0. The highest BCUT2D eigenvalue weighted by molar-refractivity contribution is 6.01. The van der Waals surface area contributed by atoms with Gasteiger partial charge in [-0.2, -0.15) is 0 Å². The van der Waals surface area contributed by atoms with E-state index in [0.29, 0.717) is 12.3 Å². The number of hydrogen-bond donors (Lipinski definition) is 1. The van der Waals surface area contributed by atoms with Crippen LogP contribution in [-0.2, 0) is 9.53 Å². The number of benzene rings is 2. The van der Waals surface area contributed by atoms with Crippen molar-refractivity contribution in [3.8, 4) is 5.75 Å². The lowest BCUT2D eigenvalue weighted by molar-refractivity contribution is -0.111. The molecule has 25 heavy (non-hydrogen) atoms. The van der Waals surface area contributed by atoms with Gasteiger partial charge in [-0.3, -0.25) is 4.79 Å². The first-order valence-corrected chi connectivity index (χ1v) is 8.28. The molecule has 0 bridgehead atoms. The summed E-state index contributed by atoms with van der Waals surface area (Å²) in [5.74, 6) is 0.191. The van der Waals surface area contributed by atoms with E-state index in [0.717, 1.165) is 30.8 Å². The van der Waals surface area contributed by atoms with E-state index in [2.05, 4.69) is 5.32 Å². The van der Waals surface area contributed by atoms with Crippen LogP contribution >= 0.6 is 0 Å². The molecule has 0 aromatic heterocycles. The van der Waals surface area contributed by atoms with Gasteiger partial charge in [-0.15, -0.1) is 0 Å². The number of carbonyl (C=O) groups is 1. The summed E-state index contributed by atoms with van der Waals surface area (Å²) in [6.07, 6.45) is 5.35. The Balaban J connectivity index is 1.48. The maximum atomic E-state index is 12.8. The second kappa shape index (κ2) is 8.44. The van der Waals surface area contributed by atoms with Crippen LogP contribution in [0.25, 0.3) is 6.08 Å². The van der Waals surface area contributed by atoms with Gasteiger partial charge in [0.2, 0.25) is 5.91 Å². The van der Waals surface area contributed by atoms with Crippen LogP contribution in [0.1, 0.15) is 18.4 Å². The van der Waals surface area contributed by atoms with Crippen molar-refractivity contribution in [2.24, 2.45) is 0 Å². The molecule has 1 heterocycles. The molecule has 1 amide bonds. The number of rotatable bonds is 6. The third-order valence-corrected chi connectivity index (χ3v) is 3.88. The summed E-state index contributed by atoms with van der Waals surface area (Å²) in [6.45, 7) is 1.36. The van der Waals surface area contributed by atoms with Crippen molar-refractivity contribution in [1.29, 1.82) is 0 Å². The Hall–Kier alpha value is -2.66. The molecule has 130 valence electrons. The molecule has 1 atom stereocenters. The van der Waals surface area contributed by atoms with Crippen molar-refractivity contribution in [2.45, 2.75) is 18.9 Å². The first-order chi connectivity index (χ1) is 12.2. The molecular weight excluding hydrogens is 321 g/mol. The van der Waals surface area contributed by atoms with Gasteiger partial charge in [0.25, 0.3) is 0 Å². The summed E-state index contributed by atoms with van der Waals surface area (Å²) in [5, 5.41) is 2.77. The maximum Gasteiger partial charge on any atom is 0.248 e. The predicted octanol–water partition coefficient (Wildman–Crippen LogP) is 4.04. The van der Waals surface area contributed by atoms with Gasteiger partial charge < -0.3 is 14.8 Å². The SMILES string of the molecule is O=C(/C=C/c1ccc(F)cc1)Nc1ccc(OC[C@@H]2CCCO2)cc1. The Morgan fingerprint density at radius 3 is 2.64 bits per heavy atom. The molecular formula is C20H20FNO3. The van der Waals surface area contributed by atoms with Crippen molar-refractivity contribution >= 4 is 17.7 Å². The highest BCUT2D eigenvalue weighted by Crippen LogP contribution is 2.18. The Kier molecular flexibility index (Phi) is 5.80. The number of hydrogen-bond acceptors (Lipinski definition) is 3. The summed E-state index contributed by atoms with van der Waals surface area (Å²) in [5.41, 5.74) is 1.44. The highest BCUT2D eigenvalue weighted by atomic mass is 19.1. The zero-order chi connectivity index (χ0) is 17.5. The normalized spacial score (nSPS) is 16.9. The molecule has 5 heteroatoms. The summed E-state index contributed by atoms with van der Waals surface area (Å²) in [6, 6.07) is 13.1. The van der Waals surface area contributed by atoms with Crippen LogP contribution in [0.15, 0.2) is 54.6 Å². The number of halogens is 1. The van der Waals surface area contributed by atoms with Crippen LogP contribution in [-0.4, -0.2) is 25.2 Å². The van der Waals surface area contributed by atoms with Gasteiger partial charge in [0.1, 0.15) is 18.2 Å². The van der Waals surface area contributed by atoms with Gasteiger partial charge in [-0.05, 0) is 60.9 Å². The van der Waals surface area contributed by atoms with Crippen LogP contribution in [0.4, 0.5) is 10.1 Å². The fourth-order valence-electron chi connectivity index (χ4n) is 2.53. The van der Waals surface area contributed by atoms with Crippen molar-refractivity contribution < 1.29 is 18.7 Å². The van der Waals surface area contributed by atoms with Gasteiger partial charge in [0.05, 0.1) is 6.10 Å². The van der Waals surface area contributed by atoms with Crippen LogP contribution in [0.2, 0.25) is 0 Å². The van der Waals surface area contributed by atoms with Crippen LogP contribution in [0.5, 0.6) is 5.75 Å². The average molecular weight is 341 g/mol. The molecule has 2 aromatic rings. The van der Waals surface area contributed by atoms with E-state index < -0.39 is 0 Å². The molecule has 1 fully saturated rings. The van der Waals surface area contributed by atoms with Crippen molar-refractivity contribution in [3.63, 3.8) is 0 Å². The third kappa shape index (κ3) is 5.43. The van der Waals surface area contributed by atoms with E-state index in [1.165, 1.54) is 18.2 Å². The van der Waals surface area contributed by atoms with Gasteiger partial charge in [-0.1, -0.05) is 12.1 Å². The van der Waals surface area contributed by atoms with Gasteiger partial charge in [-0.25, -0.2) is 4.39 Å². The Morgan fingerprint density at radius 2 is 1.96 bits per heavy atom. The van der Waals surface area contributed by atoms with Gasteiger partial charge in [0.15, 0.2) is 0 Å². The van der Waals surface area contributed by atoms with E-state index >= 15 is 0 Å². The molecule has 1 aliphatic heterocycles. The molecule has 0 radical (unpaired) electrons. The molecule has 4 nitrogen and oxygen atoms in total. The zero-order valence-corrected chi connectivity index (χ0v) is 13.8. The first kappa shape index (κ1) is 17.2. The monoisotopic (exact) mass is 341 g/mol. The molecule has 1 N–H and O–H groups in total. The number of ether oxygens (including phenoxy) is 2. The second-order valence-electron chi connectivity index (χ2n) is 5.84. The smallest absolute Gasteiger partial charge is 0.248 e. The minimum atomic E-state index is -0.302. The molecule has 2 aromatic carbocycles. The Labute approximate surface area is 146 Å². The topological polar surface area (TPSA) is 47.6 Å². The van der Waals surface area contributed by atoms with Crippen molar-refractivity contribution in [2.75, 3.05) is 18.5 Å². The van der Waals surface area contributed by atoms with E-state index in [-0.39, 0.29) is 17.8 Å². The zero-order valence-electron chi connectivity index (χ0n) is 13.8. The molecule has 3 rings (SSSR count). The first-order valence-electron chi connectivity index (χ1n) is 8.28. The second-order valence-corrected chi connectivity index (χ2v) is 5.84. The standard InChI is InChI=1S/C20H20FNO3/c21-16-6-3-15(4-7-16)5-12-20(23)22-17-8-10-18(11-9-17)25-14-19-2-1-13-24-19/h3-12,19H,1-2,13-14H2,(H,22,23)/b12-5+/t19-/m0/s1. The molecule has 1 saturated heterocycles. The fourth-order valence-corrected chi connectivity index (χ4v) is 2.53. The third-order valence-electron chi connectivity index (χ3n) is 3.88. The minimum Gasteiger partial charge on any atom is -0.491 e. The van der Waals surface area contributed by atoms with Crippen LogP contribution in [0.3, 0.4) is 0 Å². The Bertz CT molecular complexity index is 720. The number of anilines is 1. The lowest BCUT2D eigenvalue weighted by Crippen LogP contribution is -2.16. The average Bonchev–Trinajstić information content (AvgIpc) is 3.14. The van der Waals surface area contributed by atoms with Crippen molar-refractivity contribution in [3.05, 3.63) is 66.0 Å². The van der Waals surface area contributed by atoms with Gasteiger partial charge >= 0.3 is 0 Å². The van der Waals surface area contributed by atoms with E-state index in [1.807, 2.05) is 12.1 Å². The van der Waals surface area contributed by atoms with E-state index in [4.69, 9.17) is 9.47 Å². The summed E-state index contributed by atoms with van der Waals surface area (Å²) < 4.78 is 24.0. The van der Waals surface area contributed by atoms with E-state index in [9.17, 15) is 9.18 Å². The fraction of sp³-hybridized carbons (Fsp3) is 0.250. The molecule has 0 spiro atoms. The largest absolute Gasteiger partial charge is 0.491 e. The molecule has 1 aliphatic rings. The minimum absolute atomic E-state index is 0.177. The predicted molar refractivity (Wildman–Crippen MR) is 95.0 cm³/mol. The number of carbonyl (C=O) groups excluding carboxylic acids is 1. The van der Waals surface area contributed by atoms with Crippen molar-refractivity contribution in [1.82, 2.24) is 0 Å². The molecule has 0 unspecified atom stereocenters. The quantitative estimate of drug-likeness (QED) is 0.807. The number of nitrogens with one attached hydrogen (secondary N) is 1. The summed E-state index contributed by atoms with van der Waals surface area (Å²) in [7, 11) is 0.